The fourth-order valence-corrected chi connectivity index (χ4v) is 2.50. The summed E-state index contributed by atoms with van der Waals surface area (Å²) in [5.41, 5.74) is 1.19. The summed E-state index contributed by atoms with van der Waals surface area (Å²) in [6.45, 7) is 2.88. The van der Waals surface area contributed by atoms with Crippen molar-refractivity contribution in [2.45, 2.75) is 19.8 Å². The Balaban J connectivity index is 2.20. The van der Waals surface area contributed by atoms with Crippen molar-refractivity contribution in [1.29, 1.82) is 0 Å². The second-order valence-corrected chi connectivity index (χ2v) is 5.31. The van der Waals surface area contributed by atoms with E-state index in [9.17, 15) is 0 Å². The number of ether oxygens (including phenoxy) is 2. The number of halogens is 1. The Morgan fingerprint density at radius 1 is 1.11 bits per heavy atom. The quantitative estimate of drug-likeness (QED) is 0.566. The smallest absolute Gasteiger partial charge is 0.122 e. The molecule has 0 atom stereocenters. The Morgan fingerprint density at radius 3 is 2.68 bits per heavy atom. The molecule has 0 radical (unpaired) electrons. The first-order valence-electron chi connectivity index (χ1n) is 6.52. The number of alkyl halides is 1. The summed E-state index contributed by atoms with van der Waals surface area (Å²) in [6.07, 6.45) is 2.22. The van der Waals surface area contributed by atoms with Crippen LogP contribution in [0.3, 0.4) is 0 Å². The number of aryl methyl sites for hydroxylation is 1. The van der Waals surface area contributed by atoms with Crippen molar-refractivity contribution in [2.24, 2.45) is 0 Å². The maximum absolute atomic E-state index is 5.85. The van der Waals surface area contributed by atoms with Gasteiger partial charge in [-0.15, -0.1) is 0 Å². The normalized spacial score (nSPS) is 10.7. The molecule has 0 N–H and O–H groups in total. The second kappa shape index (κ2) is 6.80. The summed E-state index contributed by atoms with van der Waals surface area (Å²) >= 11 is 3.43. The van der Waals surface area contributed by atoms with E-state index in [1.165, 1.54) is 16.3 Å². The van der Waals surface area contributed by atoms with Gasteiger partial charge in [0.15, 0.2) is 0 Å². The minimum absolute atomic E-state index is 0.772. The highest BCUT2D eigenvalue weighted by Crippen LogP contribution is 2.29. The van der Waals surface area contributed by atoms with Crippen LogP contribution >= 0.6 is 15.9 Å². The lowest BCUT2D eigenvalue weighted by Crippen LogP contribution is -1.99. The van der Waals surface area contributed by atoms with Gasteiger partial charge in [-0.05, 0) is 54.3 Å². The van der Waals surface area contributed by atoms with E-state index in [0.717, 1.165) is 36.3 Å². The zero-order valence-corrected chi connectivity index (χ0v) is 13.0. The Labute approximate surface area is 122 Å². The van der Waals surface area contributed by atoms with Gasteiger partial charge in [-0.1, -0.05) is 28.1 Å². The average molecular weight is 323 g/mol. The van der Waals surface area contributed by atoms with Crippen molar-refractivity contribution >= 4 is 26.7 Å². The molecule has 0 aliphatic carbocycles. The highest BCUT2D eigenvalue weighted by molar-refractivity contribution is 9.09. The Kier molecular flexibility index (Phi) is 5.08. The molecule has 19 heavy (non-hydrogen) atoms. The molecule has 0 unspecified atom stereocenters. The zero-order valence-electron chi connectivity index (χ0n) is 11.4. The van der Waals surface area contributed by atoms with Gasteiger partial charge in [-0.2, -0.15) is 0 Å². The topological polar surface area (TPSA) is 18.5 Å². The van der Waals surface area contributed by atoms with Crippen LogP contribution in [-0.4, -0.2) is 19.0 Å². The standard InChI is InChI=1S/C16H19BrO2/c1-12-15-7-6-14(18-2)11-13(15)5-8-16(12)19-10-4-3-9-17/h5-8,11H,3-4,9-10H2,1-2H3. The first-order valence-corrected chi connectivity index (χ1v) is 7.64. The van der Waals surface area contributed by atoms with Gasteiger partial charge in [0, 0.05) is 5.33 Å². The molecule has 102 valence electrons. The third-order valence-electron chi connectivity index (χ3n) is 3.23. The van der Waals surface area contributed by atoms with Crippen molar-refractivity contribution in [1.82, 2.24) is 0 Å². The van der Waals surface area contributed by atoms with Gasteiger partial charge in [0.25, 0.3) is 0 Å². The highest BCUT2D eigenvalue weighted by atomic mass is 79.9. The fraction of sp³-hybridized carbons (Fsp3) is 0.375. The molecule has 2 rings (SSSR count). The molecule has 0 amide bonds. The fourth-order valence-electron chi connectivity index (χ4n) is 2.11. The lowest BCUT2D eigenvalue weighted by Gasteiger charge is -2.12. The van der Waals surface area contributed by atoms with E-state index in [1.54, 1.807) is 7.11 Å². The zero-order chi connectivity index (χ0) is 13.7. The predicted octanol–water partition coefficient (Wildman–Crippen LogP) is 4.71. The summed E-state index contributed by atoms with van der Waals surface area (Å²) in [5.74, 6) is 1.87. The van der Waals surface area contributed by atoms with Gasteiger partial charge in [0.2, 0.25) is 0 Å². The Hall–Kier alpha value is -1.22. The first-order chi connectivity index (χ1) is 9.26. The van der Waals surface area contributed by atoms with Crippen molar-refractivity contribution in [2.75, 3.05) is 19.0 Å². The van der Waals surface area contributed by atoms with E-state index < -0.39 is 0 Å². The van der Waals surface area contributed by atoms with Crippen molar-refractivity contribution < 1.29 is 9.47 Å². The maximum Gasteiger partial charge on any atom is 0.122 e. The molecule has 2 aromatic carbocycles. The van der Waals surface area contributed by atoms with Gasteiger partial charge >= 0.3 is 0 Å². The monoisotopic (exact) mass is 322 g/mol. The molecule has 2 aromatic rings. The molecule has 2 nitrogen and oxygen atoms in total. The summed E-state index contributed by atoms with van der Waals surface area (Å²) in [4.78, 5) is 0. The molecule has 0 saturated heterocycles. The summed E-state index contributed by atoms with van der Waals surface area (Å²) < 4.78 is 11.1. The highest BCUT2D eigenvalue weighted by Gasteiger charge is 2.05. The van der Waals surface area contributed by atoms with E-state index in [4.69, 9.17) is 9.47 Å². The predicted molar refractivity (Wildman–Crippen MR) is 83.8 cm³/mol. The minimum atomic E-state index is 0.772. The molecule has 0 heterocycles. The van der Waals surface area contributed by atoms with Crippen LogP contribution in [0.25, 0.3) is 10.8 Å². The van der Waals surface area contributed by atoms with Crippen LogP contribution in [0.15, 0.2) is 30.3 Å². The van der Waals surface area contributed by atoms with E-state index in [0.29, 0.717) is 0 Å². The van der Waals surface area contributed by atoms with E-state index in [1.807, 2.05) is 12.1 Å². The van der Waals surface area contributed by atoms with E-state index >= 15 is 0 Å². The van der Waals surface area contributed by atoms with Crippen LogP contribution in [0.4, 0.5) is 0 Å². The number of fused-ring (bicyclic) bond motifs is 1. The number of benzene rings is 2. The molecule has 0 spiro atoms. The number of unbranched alkanes of at least 4 members (excludes halogenated alkanes) is 1. The van der Waals surface area contributed by atoms with Crippen LogP contribution < -0.4 is 9.47 Å². The molecule has 0 aliphatic rings. The lowest BCUT2D eigenvalue weighted by molar-refractivity contribution is 0.308. The molecule has 0 fully saturated rings. The van der Waals surface area contributed by atoms with Crippen molar-refractivity contribution in [3.8, 4) is 11.5 Å². The SMILES string of the molecule is COc1ccc2c(C)c(OCCCCBr)ccc2c1. The number of hydrogen-bond donors (Lipinski definition) is 0. The molecule has 3 heteroatoms. The van der Waals surface area contributed by atoms with Gasteiger partial charge < -0.3 is 9.47 Å². The van der Waals surface area contributed by atoms with Crippen LogP contribution in [0, 0.1) is 6.92 Å². The minimum Gasteiger partial charge on any atom is -0.497 e. The first kappa shape index (κ1) is 14.2. The van der Waals surface area contributed by atoms with Crippen LogP contribution in [0.5, 0.6) is 11.5 Å². The van der Waals surface area contributed by atoms with Crippen LogP contribution in [0.2, 0.25) is 0 Å². The molecule has 0 aliphatic heterocycles. The van der Waals surface area contributed by atoms with E-state index in [-0.39, 0.29) is 0 Å². The van der Waals surface area contributed by atoms with Gasteiger partial charge in [0.1, 0.15) is 11.5 Å². The number of rotatable bonds is 6. The number of methoxy groups -OCH3 is 1. The van der Waals surface area contributed by atoms with E-state index in [2.05, 4.69) is 41.1 Å². The average Bonchev–Trinajstić information content (AvgIpc) is 2.45. The van der Waals surface area contributed by atoms with Gasteiger partial charge in [-0.25, -0.2) is 0 Å². The van der Waals surface area contributed by atoms with Crippen LogP contribution in [0.1, 0.15) is 18.4 Å². The molecule has 0 bridgehead atoms. The maximum atomic E-state index is 5.85. The van der Waals surface area contributed by atoms with Gasteiger partial charge in [-0.3, -0.25) is 0 Å². The molecular formula is C16H19BrO2. The largest absolute Gasteiger partial charge is 0.497 e. The molecule has 0 aromatic heterocycles. The Bertz CT molecular complexity index is 552. The molecule has 0 saturated carbocycles. The second-order valence-electron chi connectivity index (χ2n) is 4.52. The Morgan fingerprint density at radius 2 is 1.95 bits per heavy atom. The summed E-state index contributed by atoms with van der Waals surface area (Å²) in [7, 11) is 1.69. The third kappa shape index (κ3) is 3.41. The molecular weight excluding hydrogens is 304 g/mol. The van der Waals surface area contributed by atoms with Gasteiger partial charge in [0.05, 0.1) is 13.7 Å². The lowest BCUT2D eigenvalue weighted by atomic mass is 10.0. The number of hydrogen-bond acceptors (Lipinski definition) is 2. The van der Waals surface area contributed by atoms with Crippen LogP contribution in [-0.2, 0) is 0 Å². The summed E-state index contributed by atoms with van der Waals surface area (Å²) in [6, 6.07) is 10.3. The van der Waals surface area contributed by atoms with Crippen molar-refractivity contribution in [3.63, 3.8) is 0 Å². The summed E-state index contributed by atoms with van der Waals surface area (Å²) in [5, 5.41) is 3.44. The van der Waals surface area contributed by atoms with Crippen molar-refractivity contribution in [3.05, 3.63) is 35.9 Å². The third-order valence-corrected chi connectivity index (χ3v) is 3.79.